The number of hydrogen-bond donors (Lipinski definition) is 3. The first-order valence-electron chi connectivity index (χ1n) is 8.73. The predicted octanol–water partition coefficient (Wildman–Crippen LogP) is 3.57. The highest BCUT2D eigenvalue weighted by Gasteiger charge is 2.31. The number of benzene rings is 1. The van der Waals surface area contributed by atoms with E-state index in [9.17, 15) is 9.18 Å². The molecule has 1 atom stereocenters. The van der Waals surface area contributed by atoms with Crippen LogP contribution in [0, 0.1) is 18.7 Å². The highest BCUT2D eigenvalue weighted by Crippen LogP contribution is 2.35. The lowest BCUT2D eigenvalue weighted by atomic mass is 10.0. The molecule has 0 saturated carbocycles. The largest absolute Gasteiger partial charge is 0.356 e. The number of amides is 1. The molecule has 3 aromatic rings. The quantitative estimate of drug-likeness (QED) is 0.616. The molecule has 0 saturated heterocycles. The van der Waals surface area contributed by atoms with E-state index in [1.165, 1.54) is 23.5 Å². The molecule has 1 aromatic carbocycles. The van der Waals surface area contributed by atoms with Gasteiger partial charge in [0.15, 0.2) is 11.6 Å². The van der Waals surface area contributed by atoms with E-state index in [1.54, 1.807) is 19.1 Å². The topological polar surface area (TPSA) is 105 Å². The van der Waals surface area contributed by atoms with Crippen LogP contribution in [-0.4, -0.2) is 32.1 Å². The second-order valence-electron chi connectivity index (χ2n) is 6.74. The number of anilines is 4. The van der Waals surface area contributed by atoms with Crippen LogP contribution in [0.1, 0.15) is 19.7 Å². The number of hydrogen-bond acceptors (Lipinski definition) is 8. The Morgan fingerprint density at radius 1 is 1.18 bits per heavy atom. The Morgan fingerprint density at radius 2 is 1.93 bits per heavy atom. The van der Waals surface area contributed by atoms with Gasteiger partial charge in [0.2, 0.25) is 11.0 Å². The normalized spacial score (nSPS) is 15.8. The van der Waals surface area contributed by atoms with E-state index < -0.39 is 0 Å². The van der Waals surface area contributed by atoms with E-state index in [0.717, 1.165) is 5.56 Å². The zero-order valence-corrected chi connectivity index (χ0v) is 16.3. The number of carbonyl (C=O) groups is 1. The van der Waals surface area contributed by atoms with Crippen molar-refractivity contribution in [2.45, 2.75) is 26.8 Å². The molecule has 144 valence electrons. The fourth-order valence-corrected chi connectivity index (χ4v) is 3.60. The fraction of sp³-hybridized carbons (Fsp3) is 0.278. The molecule has 1 amide bonds. The summed E-state index contributed by atoms with van der Waals surface area (Å²) in [6.45, 7) is 5.71. The lowest BCUT2D eigenvalue weighted by Gasteiger charge is -2.29. The van der Waals surface area contributed by atoms with E-state index in [1.807, 2.05) is 13.8 Å². The summed E-state index contributed by atoms with van der Waals surface area (Å²) in [5.74, 6) is 1.22. The maximum atomic E-state index is 13.1. The lowest BCUT2D eigenvalue weighted by molar-refractivity contribution is -0.117. The van der Waals surface area contributed by atoms with E-state index in [0.29, 0.717) is 33.3 Å². The minimum atomic E-state index is -0.360. The molecule has 3 heterocycles. The van der Waals surface area contributed by atoms with Gasteiger partial charge in [-0.05, 0) is 37.1 Å². The van der Waals surface area contributed by atoms with Gasteiger partial charge in [-0.2, -0.15) is 0 Å². The molecule has 1 unspecified atom stereocenters. The molecule has 0 spiro atoms. The smallest absolute Gasteiger partial charge is 0.247 e. The molecule has 1 aliphatic heterocycles. The Kier molecular flexibility index (Phi) is 4.63. The van der Waals surface area contributed by atoms with E-state index in [4.69, 9.17) is 0 Å². The second-order valence-corrected chi connectivity index (χ2v) is 7.72. The average Bonchev–Trinajstić information content (AvgIpc) is 3.10. The number of halogens is 1. The molecule has 0 radical (unpaired) electrons. The van der Waals surface area contributed by atoms with Gasteiger partial charge in [-0.25, -0.2) is 14.4 Å². The third-order valence-electron chi connectivity index (χ3n) is 4.25. The highest BCUT2D eigenvalue weighted by molar-refractivity contribution is 7.18. The van der Waals surface area contributed by atoms with Crippen molar-refractivity contribution in [3.63, 3.8) is 0 Å². The van der Waals surface area contributed by atoms with Crippen molar-refractivity contribution in [1.29, 1.82) is 0 Å². The minimum Gasteiger partial charge on any atom is -0.356 e. The first-order valence-corrected chi connectivity index (χ1v) is 9.55. The van der Waals surface area contributed by atoms with Crippen LogP contribution in [0.15, 0.2) is 24.3 Å². The van der Waals surface area contributed by atoms with E-state index >= 15 is 0 Å². The summed E-state index contributed by atoms with van der Waals surface area (Å²) < 4.78 is 13.1. The molecule has 4 rings (SSSR count). The monoisotopic (exact) mass is 399 g/mol. The van der Waals surface area contributed by atoms with Crippen LogP contribution >= 0.6 is 11.3 Å². The van der Waals surface area contributed by atoms with Crippen LogP contribution in [0.3, 0.4) is 0 Å². The van der Waals surface area contributed by atoms with Crippen molar-refractivity contribution < 1.29 is 9.18 Å². The Labute approximate surface area is 164 Å². The van der Waals surface area contributed by atoms with Crippen molar-refractivity contribution in [2.75, 3.05) is 16.0 Å². The van der Waals surface area contributed by atoms with Crippen molar-refractivity contribution in [1.82, 2.24) is 20.2 Å². The fourth-order valence-electron chi connectivity index (χ4n) is 2.85. The standard InChI is InChI=1S/C18H18FN7OS/c1-8(2)12-16(27)23-13-14(22-12)20-9(3)21-15(13)24-18-26-25-17(28-18)10-4-6-11(19)7-5-10/h4-8,12H,1-3H3,(H,23,27)(H2,20,21,22,24,26). The number of nitrogens with zero attached hydrogens (tertiary/aromatic N) is 4. The van der Waals surface area contributed by atoms with Gasteiger partial charge in [-0.3, -0.25) is 4.79 Å². The van der Waals surface area contributed by atoms with Gasteiger partial charge in [0.05, 0.1) is 0 Å². The summed E-state index contributed by atoms with van der Waals surface area (Å²) >= 11 is 1.30. The van der Waals surface area contributed by atoms with Crippen LogP contribution in [0.25, 0.3) is 10.6 Å². The van der Waals surface area contributed by atoms with Gasteiger partial charge in [0, 0.05) is 5.56 Å². The van der Waals surface area contributed by atoms with Crippen LogP contribution in [0.4, 0.5) is 26.8 Å². The zero-order valence-electron chi connectivity index (χ0n) is 15.4. The van der Waals surface area contributed by atoms with Crippen LogP contribution < -0.4 is 16.0 Å². The first-order chi connectivity index (χ1) is 13.4. The van der Waals surface area contributed by atoms with Gasteiger partial charge >= 0.3 is 0 Å². The summed E-state index contributed by atoms with van der Waals surface area (Å²) in [6.07, 6.45) is 0. The van der Waals surface area contributed by atoms with Gasteiger partial charge < -0.3 is 16.0 Å². The molecule has 28 heavy (non-hydrogen) atoms. The predicted molar refractivity (Wildman–Crippen MR) is 106 cm³/mol. The minimum absolute atomic E-state index is 0.112. The Bertz CT molecular complexity index is 1030. The molecule has 2 aromatic heterocycles. The molecule has 0 bridgehead atoms. The molecule has 1 aliphatic rings. The third-order valence-corrected chi connectivity index (χ3v) is 5.14. The van der Waals surface area contributed by atoms with Gasteiger partial charge in [0.25, 0.3) is 0 Å². The Hall–Kier alpha value is -3.14. The molecule has 0 aliphatic carbocycles. The summed E-state index contributed by atoms with van der Waals surface area (Å²) in [7, 11) is 0. The average molecular weight is 399 g/mol. The maximum Gasteiger partial charge on any atom is 0.247 e. The first kappa shape index (κ1) is 18.2. The molecule has 0 fully saturated rings. The molecule has 3 N–H and O–H groups in total. The maximum absolute atomic E-state index is 13.1. The van der Waals surface area contributed by atoms with Crippen molar-refractivity contribution >= 4 is 39.7 Å². The van der Waals surface area contributed by atoms with Gasteiger partial charge in [0.1, 0.15) is 28.4 Å². The summed E-state index contributed by atoms with van der Waals surface area (Å²) in [5, 5.41) is 18.6. The summed E-state index contributed by atoms with van der Waals surface area (Å²) in [4.78, 5) is 21.2. The van der Waals surface area contributed by atoms with E-state index in [2.05, 4.69) is 36.1 Å². The number of carbonyl (C=O) groups excluding carboxylic acids is 1. The summed E-state index contributed by atoms with van der Waals surface area (Å²) in [5.41, 5.74) is 1.24. The second kappa shape index (κ2) is 7.12. The van der Waals surface area contributed by atoms with Crippen molar-refractivity contribution in [3.05, 3.63) is 35.9 Å². The number of rotatable bonds is 4. The molecular formula is C18H18FN7OS. The van der Waals surface area contributed by atoms with Crippen LogP contribution in [0.5, 0.6) is 0 Å². The van der Waals surface area contributed by atoms with Gasteiger partial charge in [-0.1, -0.05) is 25.2 Å². The highest BCUT2D eigenvalue weighted by atomic mass is 32.1. The van der Waals surface area contributed by atoms with Crippen LogP contribution in [0.2, 0.25) is 0 Å². The van der Waals surface area contributed by atoms with Crippen LogP contribution in [-0.2, 0) is 4.79 Å². The number of nitrogens with one attached hydrogen (secondary N) is 3. The lowest BCUT2D eigenvalue weighted by Crippen LogP contribution is -2.43. The van der Waals surface area contributed by atoms with Gasteiger partial charge in [-0.15, -0.1) is 10.2 Å². The third kappa shape index (κ3) is 3.50. The molecule has 8 nitrogen and oxygen atoms in total. The van der Waals surface area contributed by atoms with Crippen molar-refractivity contribution in [3.8, 4) is 10.6 Å². The molecular weight excluding hydrogens is 381 g/mol. The van der Waals surface area contributed by atoms with Crippen molar-refractivity contribution in [2.24, 2.45) is 5.92 Å². The number of fused-ring (bicyclic) bond motifs is 1. The zero-order chi connectivity index (χ0) is 19.8. The Balaban J connectivity index is 1.63. The molecule has 10 heteroatoms. The number of aryl methyl sites for hydroxylation is 1. The summed E-state index contributed by atoms with van der Waals surface area (Å²) in [6, 6.07) is 5.68. The Morgan fingerprint density at radius 3 is 2.64 bits per heavy atom. The van der Waals surface area contributed by atoms with E-state index in [-0.39, 0.29) is 23.7 Å². The SMILES string of the molecule is Cc1nc(Nc2nnc(-c3ccc(F)cc3)s2)c2c(n1)NC(C(C)C)C(=O)N2. The number of aromatic nitrogens is 4.